The van der Waals surface area contributed by atoms with Crippen molar-refractivity contribution in [2.45, 2.75) is 19.1 Å². The van der Waals surface area contributed by atoms with Crippen molar-refractivity contribution in [1.82, 2.24) is 4.90 Å². The van der Waals surface area contributed by atoms with Crippen LogP contribution in [0.4, 0.5) is 5.69 Å². The summed E-state index contributed by atoms with van der Waals surface area (Å²) in [4.78, 5) is 25.6. The maximum Gasteiger partial charge on any atom is 0.270 e. The summed E-state index contributed by atoms with van der Waals surface area (Å²) in [5.74, 6) is 0.846. The van der Waals surface area contributed by atoms with Gasteiger partial charge in [0.1, 0.15) is 11.5 Å². The summed E-state index contributed by atoms with van der Waals surface area (Å²) in [6.45, 7) is 2.30. The number of benzene rings is 2. The minimum atomic E-state index is -0.510. The van der Waals surface area contributed by atoms with Crippen LogP contribution in [0, 0.1) is 16.0 Å². The van der Waals surface area contributed by atoms with Gasteiger partial charge in [0, 0.05) is 31.1 Å². The molecule has 2 aliphatic heterocycles. The molecule has 0 N–H and O–H groups in total. The highest BCUT2D eigenvalue weighted by atomic mass is 16.7. The lowest BCUT2D eigenvalue weighted by atomic mass is 9.95. The normalized spacial score (nSPS) is 18.0. The van der Waals surface area contributed by atoms with Crippen molar-refractivity contribution in [3.05, 3.63) is 64.2 Å². The average molecular weight is 398 g/mol. The van der Waals surface area contributed by atoms with E-state index in [0.29, 0.717) is 37.8 Å². The molecule has 2 heterocycles. The smallest absolute Gasteiger partial charge is 0.270 e. The molecule has 0 radical (unpaired) electrons. The molecule has 8 nitrogen and oxygen atoms in total. The van der Waals surface area contributed by atoms with E-state index in [1.807, 2.05) is 18.2 Å². The van der Waals surface area contributed by atoms with Crippen molar-refractivity contribution in [1.29, 1.82) is 0 Å². The standard InChI is InChI=1S/C21H22N2O6/c24-20(22-10-8-15(9-11-22)21-27-12-13-28-21)18-14-16(23(25)26)6-7-19(18)29-17-4-2-1-3-5-17/h1-7,14-15,21H,8-13H2. The number of nitro benzene ring substituents is 1. The van der Waals surface area contributed by atoms with Crippen LogP contribution in [0.1, 0.15) is 23.2 Å². The van der Waals surface area contributed by atoms with Gasteiger partial charge in [0.15, 0.2) is 6.29 Å². The zero-order chi connectivity index (χ0) is 20.2. The summed E-state index contributed by atoms with van der Waals surface area (Å²) in [5, 5.41) is 11.2. The third-order valence-corrected chi connectivity index (χ3v) is 5.23. The van der Waals surface area contributed by atoms with Crippen LogP contribution in [0.5, 0.6) is 11.5 Å². The Labute approximate surface area is 168 Å². The van der Waals surface area contributed by atoms with E-state index >= 15 is 0 Å². The summed E-state index contributed by atoms with van der Waals surface area (Å²) in [6, 6.07) is 13.1. The Bertz CT molecular complexity index is 874. The number of hydrogen-bond donors (Lipinski definition) is 0. The average Bonchev–Trinajstić information content (AvgIpc) is 3.29. The fourth-order valence-electron chi connectivity index (χ4n) is 3.70. The van der Waals surface area contributed by atoms with E-state index in [1.54, 1.807) is 17.0 Å². The van der Waals surface area contributed by atoms with Gasteiger partial charge in [-0.1, -0.05) is 18.2 Å². The first-order valence-corrected chi connectivity index (χ1v) is 9.65. The van der Waals surface area contributed by atoms with Gasteiger partial charge in [0.2, 0.25) is 0 Å². The number of nitrogens with zero attached hydrogens (tertiary/aromatic N) is 2. The Balaban J connectivity index is 1.53. The van der Waals surface area contributed by atoms with Gasteiger partial charge in [0.25, 0.3) is 11.6 Å². The van der Waals surface area contributed by atoms with Gasteiger partial charge in [-0.25, -0.2) is 0 Å². The largest absolute Gasteiger partial charge is 0.457 e. The number of carbonyl (C=O) groups is 1. The van der Waals surface area contributed by atoms with Gasteiger partial charge in [0.05, 0.1) is 23.7 Å². The first-order chi connectivity index (χ1) is 14.1. The molecule has 0 spiro atoms. The predicted octanol–water partition coefficient (Wildman–Crippen LogP) is 3.61. The van der Waals surface area contributed by atoms with Crippen LogP contribution in [-0.4, -0.2) is 48.3 Å². The van der Waals surface area contributed by atoms with Crippen molar-refractivity contribution in [3.63, 3.8) is 0 Å². The molecule has 2 fully saturated rings. The van der Waals surface area contributed by atoms with Crippen molar-refractivity contribution in [3.8, 4) is 11.5 Å². The number of para-hydroxylation sites is 1. The van der Waals surface area contributed by atoms with Crippen LogP contribution < -0.4 is 4.74 Å². The topological polar surface area (TPSA) is 91.1 Å². The lowest BCUT2D eigenvalue weighted by molar-refractivity contribution is -0.384. The molecule has 8 heteroatoms. The number of rotatable bonds is 5. The maximum atomic E-state index is 13.2. The minimum absolute atomic E-state index is 0.142. The molecule has 0 atom stereocenters. The van der Waals surface area contributed by atoms with Gasteiger partial charge in [-0.2, -0.15) is 0 Å². The van der Waals surface area contributed by atoms with Crippen LogP contribution in [0.15, 0.2) is 48.5 Å². The highest BCUT2D eigenvalue weighted by molar-refractivity contribution is 5.97. The first kappa shape index (κ1) is 19.4. The Morgan fingerprint density at radius 2 is 1.76 bits per heavy atom. The summed E-state index contributed by atoms with van der Waals surface area (Å²) >= 11 is 0. The third kappa shape index (κ3) is 4.38. The fraction of sp³-hybridized carbons (Fsp3) is 0.381. The molecule has 0 unspecified atom stereocenters. The Kier molecular flexibility index (Phi) is 5.73. The van der Waals surface area contributed by atoms with Crippen molar-refractivity contribution < 1.29 is 23.9 Å². The molecule has 1 amide bonds. The molecular weight excluding hydrogens is 376 g/mol. The second-order valence-corrected chi connectivity index (χ2v) is 7.09. The van der Waals surface area contributed by atoms with Crippen LogP contribution in [0.25, 0.3) is 0 Å². The SMILES string of the molecule is O=C(c1cc([N+](=O)[O-])ccc1Oc1ccccc1)N1CCC(C2OCCO2)CC1. The van der Waals surface area contributed by atoms with Crippen molar-refractivity contribution in [2.24, 2.45) is 5.92 Å². The number of nitro groups is 1. The third-order valence-electron chi connectivity index (χ3n) is 5.23. The molecular formula is C21H22N2O6. The quantitative estimate of drug-likeness (QED) is 0.564. The van der Waals surface area contributed by atoms with Crippen LogP contribution in [0.3, 0.4) is 0 Å². The van der Waals surface area contributed by atoms with Crippen LogP contribution >= 0.6 is 0 Å². The highest BCUT2D eigenvalue weighted by Gasteiger charge is 2.33. The van der Waals surface area contributed by atoms with E-state index in [1.165, 1.54) is 18.2 Å². The Morgan fingerprint density at radius 3 is 2.41 bits per heavy atom. The summed E-state index contributed by atoms with van der Waals surface area (Å²) in [7, 11) is 0. The molecule has 29 heavy (non-hydrogen) atoms. The number of non-ortho nitro benzene ring substituents is 1. The fourth-order valence-corrected chi connectivity index (χ4v) is 3.70. The molecule has 2 aromatic carbocycles. The van der Waals surface area contributed by atoms with Crippen molar-refractivity contribution >= 4 is 11.6 Å². The lowest BCUT2D eigenvalue weighted by Gasteiger charge is -2.34. The molecule has 152 valence electrons. The van der Waals surface area contributed by atoms with E-state index in [-0.39, 0.29) is 29.4 Å². The van der Waals surface area contributed by atoms with Gasteiger partial charge in [-0.05, 0) is 31.0 Å². The molecule has 0 aromatic heterocycles. The molecule has 0 aliphatic carbocycles. The van der Waals surface area contributed by atoms with E-state index in [2.05, 4.69) is 0 Å². The predicted molar refractivity (Wildman–Crippen MR) is 104 cm³/mol. The van der Waals surface area contributed by atoms with E-state index < -0.39 is 4.92 Å². The summed E-state index contributed by atoms with van der Waals surface area (Å²) < 4.78 is 17.0. The molecule has 0 saturated carbocycles. The summed E-state index contributed by atoms with van der Waals surface area (Å²) in [5.41, 5.74) is 0.0475. The van der Waals surface area contributed by atoms with E-state index in [9.17, 15) is 14.9 Å². The molecule has 4 rings (SSSR count). The highest BCUT2D eigenvalue weighted by Crippen LogP contribution is 2.32. The Hall–Kier alpha value is -2.97. The molecule has 2 saturated heterocycles. The summed E-state index contributed by atoms with van der Waals surface area (Å²) in [6.07, 6.45) is 1.34. The van der Waals surface area contributed by atoms with Crippen molar-refractivity contribution in [2.75, 3.05) is 26.3 Å². The lowest BCUT2D eigenvalue weighted by Crippen LogP contribution is -2.41. The minimum Gasteiger partial charge on any atom is -0.457 e. The van der Waals surface area contributed by atoms with Gasteiger partial charge in [-0.15, -0.1) is 0 Å². The van der Waals surface area contributed by atoms with Gasteiger partial charge < -0.3 is 19.1 Å². The second kappa shape index (κ2) is 8.59. The number of likely N-dealkylation sites (tertiary alicyclic amines) is 1. The first-order valence-electron chi connectivity index (χ1n) is 9.65. The molecule has 0 bridgehead atoms. The molecule has 2 aromatic rings. The van der Waals surface area contributed by atoms with Crippen LogP contribution in [-0.2, 0) is 9.47 Å². The van der Waals surface area contributed by atoms with Gasteiger partial charge >= 0.3 is 0 Å². The van der Waals surface area contributed by atoms with E-state index in [0.717, 1.165) is 12.8 Å². The Morgan fingerprint density at radius 1 is 1.07 bits per heavy atom. The molecule has 2 aliphatic rings. The van der Waals surface area contributed by atoms with Crippen LogP contribution in [0.2, 0.25) is 0 Å². The number of carbonyl (C=O) groups excluding carboxylic acids is 1. The zero-order valence-electron chi connectivity index (χ0n) is 15.9. The van der Waals surface area contributed by atoms with Gasteiger partial charge in [-0.3, -0.25) is 14.9 Å². The van der Waals surface area contributed by atoms with E-state index in [4.69, 9.17) is 14.2 Å². The number of ether oxygens (including phenoxy) is 3. The zero-order valence-corrected chi connectivity index (χ0v) is 15.9. The monoisotopic (exact) mass is 398 g/mol. The number of hydrogen-bond acceptors (Lipinski definition) is 6. The second-order valence-electron chi connectivity index (χ2n) is 7.09. The maximum absolute atomic E-state index is 13.2. The number of piperidine rings is 1. The number of amides is 1.